The van der Waals surface area contributed by atoms with E-state index in [9.17, 15) is 4.79 Å². The molecule has 1 aromatic carbocycles. The minimum atomic E-state index is -0.0510. The first-order valence-electron chi connectivity index (χ1n) is 6.11. The fraction of sp³-hybridized carbons (Fsp3) is 0.214. The molecule has 0 radical (unpaired) electrons. The fourth-order valence-corrected chi connectivity index (χ4v) is 3.90. The summed E-state index contributed by atoms with van der Waals surface area (Å²) in [6.07, 6.45) is 3.43. The van der Waals surface area contributed by atoms with Crippen molar-refractivity contribution in [1.82, 2.24) is 0 Å². The average Bonchev–Trinajstić information content (AvgIpc) is 2.93. The van der Waals surface area contributed by atoms with E-state index >= 15 is 0 Å². The van der Waals surface area contributed by atoms with Crippen LogP contribution in [0, 0.1) is 0 Å². The van der Waals surface area contributed by atoms with Crippen LogP contribution in [0.1, 0.15) is 26.5 Å². The molecule has 0 atom stereocenters. The number of rotatable bonds is 2. The van der Waals surface area contributed by atoms with Gasteiger partial charge >= 0.3 is 0 Å². The molecule has 3 nitrogen and oxygen atoms in total. The normalized spacial score (nSPS) is 13.3. The first-order chi connectivity index (χ1) is 9.13. The summed E-state index contributed by atoms with van der Waals surface area (Å²) < 4.78 is 0.796. The van der Waals surface area contributed by atoms with Gasteiger partial charge in [0.2, 0.25) is 0 Å². The number of benzene rings is 1. The third kappa shape index (κ3) is 2.53. The maximum Gasteiger partial charge on any atom is 0.265 e. The number of nitrogens with one attached hydrogen (secondary N) is 1. The van der Waals surface area contributed by atoms with Crippen LogP contribution in [-0.4, -0.2) is 5.91 Å². The monoisotopic (exact) mass is 336 g/mol. The Labute approximate surface area is 124 Å². The smallest absolute Gasteiger partial charge is 0.265 e. The van der Waals surface area contributed by atoms with Gasteiger partial charge < -0.3 is 11.1 Å². The number of hydrogen-bond donors (Lipinski definition) is 2. The Bertz CT molecular complexity index is 629. The van der Waals surface area contributed by atoms with Crippen molar-refractivity contribution in [2.75, 3.05) is 11.1 Å². The molecule has 0 unspecified atom stereocenters. The van der Waals surface area contributed by atoms with E-state index in [4.69, 9.17) is 5.73 Å². The Morgan fingerprint density at radius 2 is 2.16 bits per heavy atom. The minimum absolute atomic E-state index is 0.0510. The van der Waals surface area contributed by atoms with Crippen LogP contribution in [0.3, 0.4) is 0 Å². The van der Waals surface area contributed by atoms with Gasteiger partial charge in [0.05, 0.1) is 10.6 Å². The molecule has 5 heteroatoms. The molecule has 0 spiro atoms. The van der Waals surface area contributed by atoms with Gasteiger partial charge in [0.25, 0.3) is 5.91 Å². The molecule has 2 aromatic rings. The number of carbonyl (C=O) groups excluding carboxylic acids is 1. The highest BCUT2D eigenvalue weighted by Crippen LogP contribution is 2.32. The summed E-state index contributed by atoms with van der Waals surface area (Å²) >= 11 is 5.01. The van der Waals surface area contributed by atoms with Gasteiger partial charge in [-0.3, -0.25) is 4.79 Å². The molecule has 0 bridgehead atoms. The molecule has 19 heavy (non-hydrogen) atoms. The van der Waals surface area contributed by atoms with Crippen LogP contribution in [0.15, 0.2) is 28.7 Å². The molecule has 0 aliphatic heterocycles. The minimum Gasteiger partial charge on any atom is -0.399 e. The molecule has 1 amide bonds. The molecule has 98 valence electrons. The molecule has 1 heterocycles. The number of anilines is 2. The molecule has 1 aromatic heterocycles. The second kappa shape index (κ2) is 4.98. The maximum absolute atomic E-state index is 12.2. The summed E-state index contributed by atoms with van der Waals surface area (Å²) in [6.45, 7) is 0. The van der Waals surface area contributed by atoms with Crippen LogP contribution in [-0.2, 0) is 12.8 Å². The van der Waals surface area contributed by atoms with Crippen molar-refractivity contribution in [3.8, 4) is 0 Å². The zero-order valence-electron chi connectivity index (χ0n) is 10.2. The summed E-state index contributed by atoms with van der Waals surface area (Å²) in [5.74, 6) is -0.0510. The SMILES string of the molecule is Nc1ccc(NC(=O)c2cc3c(s2)CCC3)c(Br)c1. The van der Waals surface area contributed by atoms with E-state index in [0.717, 1.165) is 27.9 Å². The van der Waals surface area contributed by atoms with Gasteiger partial charge in [-0.05, 0) is 65.0 Å². The highest BCUT2D eigenvalue weighted by atomic mass is 79.9. The first kappa shape index (κ1) is 12.7. The third-order valence-corrected chi connectivity index (χ3v) is 5.10. The number of aryl methyl sites for hydroxylation is 2. The molecule has 1 aliphatic rings. The number of thiophene rings is 1. The van der Waals surface area contributed by atoms with E-state index in [0.29, 0.717) is 5.69 Å². The Morgan fingerprint density at radius 3 is 2.89 bits per heavy atom. The summed E-state index contributed by atoms with van der Waals surface area (Å²) in [5.41, 5.74) is 8.43. The van der Waals surface area contributed by atoms with Crippen molar-refractivity contribution in [2.24, 2.45) is 0 Å². The molecular weight excluding hydrogens is 324 g/mol. The van der Waals surface area contributed by atoms with E-state index in [2.05, 4.69) is 21.2 Å². The van der Waals surface area contributed by atoms with E-state index in [1.807, 2.05) is 6.07 Å². The van der Waals surface area contributed by atoms with Crippen molar-refractivity contribution in [1.29, 1.82) is 0 Å². The summed E-state index contributed by atoms with van der Waals surface area (Å²) in [6, 6.07) is 7.38. The highest BCUT2D eigenvalue weighted by molar-refractivity contribution is 9.10. The molecular formula is C14H13BrN2OS. The van der Waals surface area contributed by atoms with Gasteiger partial charge in [0, 0.05) is 15.0 Å². The van der Waals surface area contributed by atoms with Crippen LogP contribution in [0.5, 0.6) is 0 Å². The molecule has 0 saturated heterocycles. The number of nitrogens with two attached hydrogens (primary N) is 1. The van der Waals surface area contributed by atoms with E-state index in [1.165, 1.54) is 16.9 Å². The van der Waals surface area contributed by atoms with Crippen LogP contribution in [0.2, 0.25) is 0 Å². The van der Waals surface area contributed by atoms with Crippen LogP contribution in [0.4, 0.5) is 11.4 Å². The zero-order valence-corrected chi connectivity index (χ0v) is 12.6. The molecule has 3 N–H and O–H groups in total. The highest BCUT2D eigenvalue weighted by Gasteiger charge is 2.18. The maximum atomic E-state index is 12.2. The summed E-state index contributed by atoms with van der Waals surface area (Å²) in [7, 11) is 0. The van der Waals surface area contributed by atoms with Gasteiger partial charge in [-0.25, -0.2) is 0 Å². The standard InChI is InChI=1S/C14H13BrN2OS/c15-10-7-9(16)4-5-11(10)17-14(18)13-6-8-2-1-3-12(8)19-13/h4-7H,1-3,16H2,(H,17,18). The Kier molecular flexibility index (Phi) is 3.33. The number of amides is 1. The number of hydrogen-bond acceptors (Lipinski definition) is 3. The van der Waals surface area contributed by atoms with Gasteiger partial charge in [-0.15, -0.1) is 11.3 Å². The second-order valence-corrected chi connectivity index (χ2v) is 6.60. The topological polar surface area (TPSA) is 55.1 Å². The molecule has 3 rings (SSSR count). The van der Waals surface area contributed by atoms with Crippen LogP contribution in [0.25, 0.3) is 0 Å². The Hall–Kier alpha value is -1.33. The molecule has 0 saturated carbocycles. The lowest BCUT2D eigenvalue weighted by Crippen LogP contribution is -2.10. The first-order valence-corrected chi connectivity index (χ1v) is 7.72. The van der Waals surface area contributed by atoms with Gasteiger partial charge in [-0.2, -0.15) is 0 Å². The number of fused-ring (bicyclic) bond motifs is 1. The van der Waals surface area contributed by atoms with Crippen molar-refractivity contribution >= 4 is 44.5 Å². The van der Waals surface area contributed by atoms with Crippen molar-refractivity contribution in [3.63, 3.8) is 0 Å². The Morgan fingerprint density at radius 1 is 1.32 bits per heavy atom. The fourth-order valence-electron chi connectivity index (χ4n) is 2.26. The number of carbonyl (C=O) groups is 1. The average molecular weight is 337 g/mol. The van der Waals surface area contributed by atoms with E-state index in [1.54, 1.807) is 29.5 Å². The molecule has 1 aliphatic carbocycles. The van der Waals surface area contributed by atoms with Crippen LogP contribution < -0.4 is 11.1 Å². The van der Waals surface area contributed by atoms with Crippen molar-refractivity contribution < 1.29 is 4.79 Å². The lowest BCUT2D eigenvalue weighted by Gasteiger charge is -2.06. The Balaban J connectivity index is 1.80. The van der Waals surface area contributed by atoms with E-state index in [-0.39, 0.29) is 5.91 Å². The summed E-state index contributed by atoms with van der Waals surface area (Å²) in [4.78, 5) is 14.4. The molecule has 0 fully saturated rings. The van der Waals surface area contributed by atoms with Crippen molar-refractivity contribution in [2.45, 2.75) is 19.3 Å². The number of nitrogen functional groups attached to an aromatic ring is 1. The lowest BCUT2D eigenvalue weighted by molar-refractivity contribution is 0.103. The van der Waals surface area contributed by atoms with E-state index < -0.39 is 0 Å². The zero-order chi connectivity index (χ0) is 13.4. The number of halogens is 1. The van der Waals surface area contributed by atoms with Gasteiger partial charge in [0.1, 0.15) is 0 Å². The summed E-state index contributed by atoms with van der Waals surface area (Å²) in [5, 5.41) is 2.91. The predicted molar refractivity (Wildman–Crippen MR) is 82.9 cm³/mol. The van der Waals surface area contributed by atoms with Crippen molar-refractivity contribution in [3.05, 3.63) is 44.1 Å². The predicted octanol–water partition coefficient (Wildman–Crippen LogP) is 3.83. The quantitative estimate of drug-likeness (QED) is 0.818. The van der Waals surface area contributed by atoms with Gasteiger partial charge in [-0.1, -0.05) is 0 Å². The lowest BCUT2D eigenvalue weighted by atomic mass is 10.2. The van der Waals surface area contributed by atoms with Gasteiger partial charge in [0.15, 0.2) is 0 Å². The third-order valence-electron chi connectivity index (χ3n) is 3.21. The second-order valence-electron chi connectivity index (χ2n) is 4.61. The largest absolute Gasteiger partial charge is 0.399 e. The van der Waals surface area contributed by atoms with Crippen LogP contribution >= 0.6 is 27.3 Å².